The SMILES string of the molecule is CC(c1ccnn1C)N1CCCNCC1. The van der Waals surface area contributed by atoms with Crippen LogP contribution in [0.25, 0.3) is 0 Å². The lowest BCUT2D eigenvalue weighted by Gasteiger charge is -2.27. The molecule has 0 bridgehead atoms. The van der Waals surface area contributed by atoms with Crippen LogP contribution < -0.4 is 5.32 Å². The molecule has 0 saturated carbocycles. The molecule has 4 heteroatoms. The summed E-state index contributed by atoms with van der Waals surface area (Å²) >= 11 is 0. The van der Waals surface area contributed by atoms with E-state index in [4.69, 9.17) is 0 Å². The van der Waals surface area contributed by atoms with E-state index in [2.05, 4.69) is 28.3 Å². The fourth-order valence-corrected chi connectivity index (χ4v) is 2.23. The van der Waals surface area contributed by atoms with Crippen molar-refractivity contribution in [2.45, 2.75) is 19.4 Å². The van der Waals surface area contributed by atoms with Crippen molar-refractivity contribution < 1.29 is 0 Å². The van der Waals surface area contributed by atoms with E-state index < -0.39 is 0 Å². The molecule has 0 aromatic carbocycles. The summed E-state index contributed by atoms with van der Waals surface area (Å²) in [6, 6.07) is 2.58. The van der Waals surface area contributed by atoms with Gasteiger partial charge in [-0.3, -0.25) is 9.58 Å². The van der Waals surface area contributed by atoms with Crippen LogP contribution in [0.4, 0.5) is 0 Å². The number of rotatable bonds is 2. The van der Waals surface area contributed by atoms with Crippen molar-refractivity contribution in [2.75, 3.05) is 26.2 Å². The standard InChI is InChI=1S/C11H20N4/c1-10(11-4-6-13-14(11)2)15-8-3-5-12-7-9-15/h4,6,10,12H,3,5,7-9H2,1-2H3. The maximum atomic E-state index is 4.23. The predicted octanol–water partition coefficient (Wildman–Crippen LogP) is 0.776. The lowest BCUT2D eigenvalue weighted by atomic mass is 10.2. The van der Waals surface area contributed by atoms with Gasteiger partial charge in [0.15, 0.2) is 0 Å². The first kappa shape index (κ1) is 10.6. The molecular weight excluding hydrogens is 188 g/mol. The van der Waals surface area contributed by atoms with E-state index in [1.54, 1.807) is 0 Å². The second kappa shape index (κ2) is 4.77. The molecule has 2 rings (SSSR count). The summed E-state index contributed by atoms with van der Waals surface area (Å²) < 4.78 is 1.98. The average molecular weight is 208 g/mol. The van der Waals surface area contributed by atoms with Crippen LogP contribution in [-0.4, -0.2) is 40.9 Å². The Kier molecular flexibility index (Phi) is 3.38. The molecule has 1 aromatic rings. The predicted molar refractivity (Wildman–Crippen MR) is 60.7 cm³/mol. The lowest BCUT2D eigenvalue weighted by Crippen LogP contribution is -2.31. The Bertz CT molecular complexity index is 299. The Hall–Kier alpha value is -0.870. The second-order valence-corrected chi connectivity index (χ2v) is 4.20. The molecule has 84 valence electrons. The van der Waals surface area contributed by atoms with Crippen molar-refractivity contribution in [3.05, 3.63) is 18.0 Å². The number of aryl methyl sites for hydroxylation is 1. The number of hydrogen-bond donors (Lipinski definition) is 1. The number of nitrogens with zero attached hydrogens (tertiary/aromatic N) is 3. The third kappa shape index (κ3) is 2.38. The Morgan fingerprint density at radius 2 is 2.27 bits per heavy atom. The third-order valence-corrected chi connectivity index (χ3v) is 3.21. The molecule has 0 amide bonds. The van der Waals surface area contributed by atoms with Gasteiger partial charge in [0.1, 0.15) is 0 Å². The van der Waals surface area contributed by atoms with Crippen molar-refractivity contribution in [1.82, 2.24) is 20.0 Å². The highest BCUT2D eigenvalue weighted by Gasteiger charge is 2.18. The second-order valence-electron chi connectivity index (χ2n) is 4.20. The summed E-state index contributed by atoms with van der Waals surface area (Å²) in [6.07, 6.45) is 3.12. The van der Waals surface area contributed by atoms with Crippen molar-refractivity contribution in [3.63, 3.8) is 0 Å². The van der Waals surface area contributed by atoms with Crippen LogP contribution in [0.15, 0.2) is 12.3 Å². The normalized spacial score (nSPS) is 21.2. The fourth-order valence-electron chi connectivity index (χ4n) is 2.23. The molecule has 0 radical (unpaired) electrons. The van der Waals surface area contributed by atoms with Gasteiger partial charge >= 0.3 is 0 Å². The molecule has 1 atom stereocenters. The highest BCUT2D eigenvalue weighted by atomic mass is 15.3. The minimum absolute atomic E-state index is 0.470. The molecule has 1 unspecified atom stereocenters. The quantitative estimate of drug-likeness (QED) is 0.779. The van der Waals surface area contributed by atoms with Crippen molar-refractivity contribution in [1.29, 1.82) is 0 Å². The first-order valence-corrected chi connectivity index (χ1v) is 5.71. The van der Waals surface area contributed by atoms with Gasteiger partial charge in [0.05, 0.1) is 5.69 Å². The van der Waals surface area contributed by atoms with Gasteiger partial charge in [-0.25, -0.2) is 0 Å². The van der Waals surface area contributed by atoms with Crippen LogP contribution in [0, 0.1) is 0 Å². The van der Waals surface area contributed by atoms with Crippen molar-refractivity contribution in [2.24, 2.45) is 7.05 Å². The van der Waals surface area contributed by atoms with E-state index in [1.165, 1.54) is 18.7 Å². The zero-order valence-corrected chi connectivity index (χ0v) is 9.61. The molecule has 1 aliphatic heterocycles. The number of aromatic nitrogens is 2. The van der Waals surface area contributed by atoms with E-state index in [9.17, 15) is 0 Å². The smallest absolute Gasteiger partial charge is 0.0549 e. The molecule has 0 aliphatic carbocycles. The summed E-state index contributed by atoms with van der Waals surface area (Å²) in [7, 11) is 2.02. The molecule has 4 nitrogen and oxygen atoms in total. The fraction of sp³-hybridized carbons (Fsp3) is 0.727. The third-order valence-electron chi connectivity index (χ3n) is 3.21. The molecule has 1 fully saturated rings. The Balaban J connectivity index is 2.06. The van der Waals surface area contributed by atoms with Gasteiger partial charge in [-0.15, -0.1) is 0 Å². The Labute approximate surface area is 91.3 Å². The first-order valence-electron chi connectivity index (χ1n) is 5.71. The maximum absolute atomic E-state index is 4.23. The monoisotopic (exact) mass is 208 g/mol. The van der Waals surface area contributed by atoms with Crippen LogP contribution in [-0.2, 0) is 7.05 Å². The number of hydrogen-bond acceptors (Lipinski definition) is 3. The van der Waals surface area contributed by atoms with Crippen LogP contribution in [0.3, 0.4) is 0 Å². The summed E-state index contributed by atoms with van der Waals surface area (Å²) in [6.45, 7) is 6.82. The Morgan fingerprint density at radius 1 is 1.40 bits per heavy atom. The summed E-state index contributed by atoms with van der Waals surface area (Å²) in [4.78, 5) is 2.52. The van der Waals surface area contributed by atoms with Crippen molar-refractivity contribution in [3.8, 4) is 0 Å². The molecule has 1 aliphatic rings. The molecule has 1 N–H and O–H groups in total. The topological polar surface area (TPSA) is 33.1 Å². The zero-order valence-electron chi connectivity index (χ0n) is 9.61. The number of nitrogens with one attached hydrogen (secondary N) is 1. The van der Waals surface area contributed by atoms with Crippen molar-refractivity contribution >= 4 is 0 Å². The average Bonchev–Trinajstić information content (AvgIpc) is 2.53. The highest BCUT2D eigenvalue weighted by molar-refractivity contribution is 5.05. The minimum Gasteiger partial charge on any atom is -0.315 e. The van der Waals surface area contributed by atoms with Crippen LogP contribution in [0.2, 0.25) is 0 Å². The molecule has 0 spiro atoms. The molecule has 1 aromatic heterocycles. The summed E-state index contributed by atoms with van der Waals surface area (Å²) in [5.74, 6) is 0. The molecule has 1 saturated heterocycles. The van der Waals surface area contributed by atoms with Crippen LogP contribution in [0.5, 0.6) is 0 Å². The minimum atomic E-state index is 0.470. The van der Waals surface area contributed by atoms with Crippen LogP contribution >= 0.6 is 0 Å². The van der Waals surface area contributed by atoms with Gasteiger partial charge in [-0.2, -0.15) is 5.10 Å². The van der Waals surface area contributed by atoms with Gasteiger partial charge in [0.25, 0.3) is 0 Å². The van der Waals surface area contributed by atoms with Gasteiger partial charge in [0.2, 0.25) is 0 Å². The largest absolute Gasteiger partial charge is 0.315 e. The van der Waals surface area contributed by atoms with E-state index in [1.807, 2.05) is 17.9 Å². The maximum Gasteiger partial charge on any atom is 0.0549 e. The van der Waals surface area contributed by atoms with Crippen LogP contribution in [0.1, 0.15) is 25.1 Å². The highest BCUT2D eigenvalue weighted by Crippen LogP contribution is 2.19. The van der Waals surface area contributed by atoms with Gasteiger partial charge in [-0.05, 0) is 26.0 Å². The molecular formula is C11H20N4. The van der Waals surface area contributed by atoms with Gasteiger partial charge in [0, 0.05) is 38.9 Å². The first-order chi connectivity index (χ1) is 7.29. The zero-order chi connectivity index (χ0) is 10.7. The molecule has 2 heterocycles. The summed E-state index contributed by atoms with van der Waals surface area (Å²) in [5, 5.41) is 7.66. The lowest BCUT2D eigenvalue weighted by molar-refractivity contribution is 0.217. The van der Waals surface area contributed by atoms with E-state index in [0.717, 1.165) is 19.6 Å². The van der Waals surface area contributed by atoms with E-state index >= 15 is 0 Å². The van der Waals surface area contributed by atoms with E-state index in [-0.39, 0.29) is 0 Å². The van der Waals surface area contributed by atoms with Gasteiger partial charge in [-0.1, -0.05) is 0 Å². The Morgan fingerprint density at radius 3 is 3.00 bits per heavy atom. The summed E-state index contributed by atoms with van der Waals surface area (Å²) in [5.41, 5.74) is 1.30. The van der Waals surface area contributed by atoms with Gasteiger partial charge < -0.3 is 5.32 Å². The molecule has 15 heavy (non-hydrogen) atoms. The van der Waals surface area contributed by atoms with E-state index in [0.29, 0.717) is 6.04 Å².